The number of nitrogens with one attached hydrogen (secondary N) is 1. The van der Waals surface area contributed by atoms with Gasteiger partial charge < -0.3 is 14.3 Å². The molecule has 9 heteroatoms. The van der Waals surface area contributed by atoms with Gasteiger partial charge in [0.25, 0.3) is 5.91 Å². The average molecular weight is 460 g/mol. The number of carbonyl (C=O) groups excluding carboxylic acids is 1. The second kappa shape index (κ2) is 8.55. The molecule has 0 aliphatic heterocycles. The molecule has 32 heavy (non-hydrogen) atoms. The van der Waals surface area contributed by atoms with Crippen LogP contribution in [0.3, 0.4) is 0 Å². The second-order valence-corrected chi connectivity index (χ2v) is 7.53. The minimum atomic E-state index is -4.48. The molecular formula is C23H17ClF3N3O2. The number of hydrogen-bond donors (Lipinski definition) is 1. The number of imidazole rings is 1. The lowest BCUT2D eigenvalue weighted by atomic mass is 10.1. The summed E-state index contributed by atoms with van der Waals surface area (Å²) in [6, 6.07) is 14.0. The Bertz CT molecular complexity index is 1250. The minimum Gasteiger partial charge on any atom is -0.451 e. The quantitative estimate of drug-likeness (QED) is 0.406. The van der Waals surface area contributed by atoms with E-state index in [2.05, 4.69) is 10.3 Å². The molecule has 0 saturated carbocycles. The fraction of sp³-hybridized carbons (Fsp3) is 0.130. The van der Waals surface area contributed by atoms with E-state index in [0.29, 0.717) is 10.8 Å². The Labute approximate surface area is 186 Å². The lowest BCUT2D eigenvalue weighted by Crippen LogP contribution is -2.30. The molecule has 2 aromatic heterocycles. The molecule has 164 valence electrons. The number of nitrogens with zero attached hydrogens (tertiary/aromatic N) is 2. The summed E-state index contributed by atoms with van der Waals surface area (Å²) in [4.78, 5) is 17.2. The van der Waals surface area contributed by atoms with Gasteiger partial charge in [-0.25, -0.2) is 4.98 Å². The van der Waals surface area contributed by atoms with E-state index in [-0.39, 0.29) is 17.1 Å². The number of amides is 1. The number of carbonyl (C=O) groups is 1. The van der Waals surface area contributed by atoms with E-state index in [1.165, 1.54) is 24.3 Å². The van der Waals surface area contributed by atoms with Crippen molar-refractivity contribution in [2.24, 2.45) is 7.05 Å². The third kappa shape index (κ3) is 4.55. The molecule has 0 unspecified atom stereocenters. The number of aromatic nitrogens is 2. The average Bonchev–Trinajstić information content (AvgIpc) is 3.42. The Balaban J connectivity index is 1.61. The van der Waals surface area contributed by atoms with Gasteiger partial charge >= 0.3 is 6.18 Å². The van der Waals surface area contributed by atoms with Crippen LogP contribution in [-0.4, -0.2) is 15.5 Å². The van der Waals surface area contributed by atoms with Crippen LogP contribution in [0.1, 0.15) is 33.5 Å². The predicted octanol–water partition coefficient (Wildman–Crippen LogP) is 5.87. The van der Waals surface area contributed by atoms with Crippen LogP contribution in [0.15, 0.2) is 77.5 Å². The third-order valence-corrected chi connectivity index (χ3v) is 5.15. The first kappa shape index (κ1) is 21.7. The summed E-state index contributed by atoms with van der Waals surface area (Å²) in [6.45, 7) is 0. The van der Waals surface area contributed by atoms with Crippen molar-refractivity contribution in [2.75, 3.05) is 0 Å². The van der Waals surface area contributed by atoms with E-state index in [1.54, 1.807) is 48.3 Å². The van der Waals surface area contributed by atoms with Crippen LogP contribution >= 0.6 is 11.6 Å². The first-order valence-corrected chi connectivity index (χ1v) is 9.91. The molecule has 1 amide bonds. The maximum atomic E-state index is 13.0. The molecule has 2 aromatic carbocycles. The first-order valence-electron chi connectivity index (χ1n) is 9.53. The summed E-state index contributed by atoms with van der Waals surface area (Å²) >= 11 is 5.98. The van der Waals surface area contributed by atoms with Crippen molar-refractivity contribution in [3.8, 4) is 11.3 Å². The van der Waals surface area contributed by atoms with Gasteiger partial charge in [-0.05, 0) is 42.0 Å². The van der Waals surface area contributed by atoms with Crippen molar-refractivity contribution in [1.29, 1.82) is 0 Å². The summed E-state index contributed by atoms with van der Waals surface area (Å²) in [7, 11) is 1.80. The zero-order valence-corrected chi connectivity index (χ0v) is 17.5. The molecule has 0 radical (unpaired) electrons. The van der Waals surface area contributed by atoms with Gasteiger partial charge in [0.1, 0.15) is 17.6 Å². The van der Waals surface area contributed by atoms with Gasteiger partial charge in [0.15, 0.2) is 5.76 Å². The molecule has 4 aromatic rings. The highest BCUT2D eigenvalue weighted by molar-refractivity contribution is 6.30. The van der Waals surface area contributed by atoms with Crippen LogP contribution in [0, 0.1) is 0 Å². The summed E-state index contributed by atoms with van der Waals surface area (Å²) in [5.41, 5.74) is 0.175. The summed E-state index contributed by atoms with van der Waals surface area (Å²) in [5.74, 6) is 0.170. The Morgan fingerprint density at radius 1 is 1.12 bits per heavy atom. The van der Waals surface area contributed by atoms with Gasteiger partial charge in [-0.15, -0.1) is 0 Å². The zero-order valence-electron chi connectivity index (χ0n) is 16.7. The topological polar surface area (TPSA) is 60.1 Å². The van der Waals surface area contributed by atoms with Crippen LogP contribution in [0.4, 0.5) is 13.2 Å². The molecule has 0 fully saturated rings. The maximum Gasteiger partial charge on any atom is 0.416 e. The number of furan rings is 1. The fourth-order valence-electron chi connectivity index (χ4n) is 3.27. The van der Waals surface area contributed by atoms with E-state index in [4.69, 9.17) is 16.0 Å². The van der Waals surface area contributed by atoms with Crippen molar-refractivity contribution >= 4 is 17.5 Å². The molecule has 2 heterocycles. The third-order valence-electron chi connectivity index (χ3n) is 4.90. The van der Waals surface area contributed by atoms with E-state index in [0.717, 1.165) is 17.7 Å². The molecular weight excluding hydrogens is 443 g/mol. The van der Waals surface area contributed by atoms with Gasteiger partial charge in [-0.3, -0.25) is 4.79 Å². The van der Waals surface area contributed by atoms with Crippen LogP contribution < -0.4 is 5.32 Å². The monoisotopic (exact) mass is 459 g/mol. The van der Waals surface area contributed by atoms with E-state index < -0.39 is 23.7 Å². The van der Waals surface area contributed by atoms with Gasteiger partial charge in [0, 0.05) is 30.0 Å². The summed E-state index contributed by atoms with van der Waals surface area (Å²) in [5, 5.41) is 3.42. The van der Waals surface area contributed by atoms with Crippen LogP contribution in [0.25, 0.3) is 11.3 Å². The first-order chi connectivity index (χ1) is 15.2. The van der Waals surface area contributed by atoms with Crippen molar-refractivity contribution < 1.29 is 22.4 Å². The molecule has 4 rings (SSSR count). The number of hydrogen-bond acceptors (Lipinski definition) is 3. The van der Waals surface area contributed by atoms with Gasteiger partial charge in [-0.2, -0.15) is 13.2 Å². The van der Waals surface area contributed by atoms with Gasteiger partial charge in [0.05, 0.1) is 5.56 Å². The van der Waals surface area contributed by atoms with Crippen LogP contribution in [0.5, 0.6) is 0 Å². The van der Waals surface area contributed by atoms with Crippen molar-refractivity contribution in [3.63, 3.8) is 0 Å². The van der Waals surface area contributed by atoms with Crippen molar-refractivity contribution in [2.45, 2.75) is 12.2 Å². The summed E-state index contributed by atoms with van der Waals surface area (Å²) in [6.07, 6.45) is -1.11. The zero-order chi connectivity index (χ0) is 22.9. The number of aryl methyl sites for hydroxylation is 1. The highest BCUT2D eigenvalue weighted by atomic mass is 35.5. The molecule has 1 N–H and O–H groups in total. The number of benzene rings is 2. The molecule has 0 spiro atoms. The standard InChI is InChI=1S/C23H17ClF3N3O2/c1-30-12-11-28-21(30)20(14-5-7-17(24)8-6-14)29-22(31)19-10-9-18(32-19)15-3-2-4-16(13-15)23(25,26)27/h2-13,20H,1H3,(H,29,31)/t20-/m1/s1. The van der Waals surface area contributed by atoms with Crippen molar-refractivity contribution in [3.05, 3.63) is 101 Å². The van der Waals surface area contributed by atoms with Gasteiger partial charge in [0.2, 0.25) is 0 Å². The van der Waals surface area contributed by atoms with Gasteiger partial charge in [-0.1, -0.05) is 35.9 Å². The largest absolute Gasteiger partial charge is 0.451 e. The molecule has 0 saturated heterocycles. The normalized spacial score (nSPS) is 12.5. The lowest BCUT2D eigenvalue weighted by Gasteiger charge is -2.18. The van der Waals surface area contributed by atoms with E-state index >= 15 is 0 Å². The molecule has 1 atom stereocenters. The lowest BCUT2D eigenvalue weighted by molar-refractivity contribution is -0.137. The molecule has 5 nitrogen and oxygen atoms in total. The highest BCUT2D eigenvalue weighted by Gasteiger charge is 2.31. The molecule has 0 aliphatic carbocycles. The Morgan fingerprint density at radius 3 is 2.53 bits per heavy atom. The fourth-order valence-corrected chi connectivity index (χ4v) is 3.40. The highest BCUT2D eigenvalue weighted by Crippen LogP contribution is 2.33. The predicted molar refractivity (Wildman–Crippen MR) is 113 cm³/mol. The van der Waals surface area contributed by atoms with Crippen LogP contribution in [0.2, 0.25) is 5.02 Å². The Morgan fingerprint density at radius 2 is 1.88 bits per heavy atom. The van der Waals surface area contributed by atoms with Crippen molar-refractivity contribution in [1.82, 2.24) is 14.9 Å². The Hall–Kier alpha value is -3.52. The van der Waals surface area contributed by atoms with E-state index in [9.17, 15) is 18.0 Å². The second-order valence-electron chi connectivity index (χ2n) is 7.10. The SMILES string of the molecule is Cn1ccnc1[C@H](NC(=O)c1ccc(-c2cccc(C(F)(F)F)c2)o1)c1ccc(Cl)cc1. The number of alkyl halides is 3. The minimum absolute atomic E-state index is 0.0365. The Kier molecular flexibility index (Phi) is 5.80. The number of rotatable bonds is 5. The molecule has 0 aliphatic rings. The smallest absolute Gasteiger partial charge is 0.416 e. The van der Waals surface area contributed by atoms with Crippen LogP contribution in [-0.2, 0) is 13.2 Å². The number of halogens is 4. The van der Waals surface area contributed by atoms with E-state index in [1.807, 2.05) is 0 Å². The summed E-state index contributed by atoms with van der Waals surface area (Å²) < 4.78 is 46.4. The molecule has 0 bridgehead atoms. The maximum absolute atomic E-state index is 13.0.